The minimum atomic E-state index is -4.08. The van der Waals surface area contributed by atoms with E-state index in [1.165, 1.54) is 0 Å². The summed E-state index contributed by atoms with van der Waals surface area (Å²) in [6, 6.07) is 3.48. The van der Waals surface area contributed by atoms with E-state index < -0.39 is 8.74 Å². The Morgan fingerprint density at radius 1 is 0.923 bits per heavy atom. The van der Waals surface area contributed by atoms with Crippen molar-refractivity contribution in [1.82, 2.24) is 0 Å². The lowest BCUT2D eigenvalue weighted by molar-refractivity contribution is 0.571. The van der Waals surface area contributed by atoms with Crippen molar-refractivity contribution in [1.29, 1.82) is 10.5 Å². The summed E-state index contributed by atoms with van der Waals surface area (Å²) in [5.74, 6) is 0. The van der Waals surface area contributed by atoms with Crippen molar-refractivity contribution in [3.63, 3.8) is 0 Å². The highest BCUT2D eigenvalue weighted by molar-refractivity contribution is 6.66. The zero-order valence-electron chi connectivity index (χ0n) is 7.39. The molecule has 0 radical (unpaired) electrons. The maximum Gasteiger partial charge on any atom is 0.425 e. The molecule has 0 aliphatic rings. The molecule has 0 atom stereocenters. The van der Waals surface area contributed by atoms with Gasteiger partial charge in [0.05, 0.1) is 12.1 Å². The Bertz CT molecular complexity index is 195. The van der Waals surface area contributed by atoms with Crippen molar-refractivity contribution >= 4 is 8.74 Å². The van der Waals surface area contributed by atoms with Gasteiger partial charge in [-0.1, -0.05) is 0 Å². The summed E-state index contributed by atoms with van der Waals surface area (Å²) < 4.78 is 26.0. The Hall–Kier alpha value is -0.943. The lowest BCUT2D eigenvalue weighted by atomic mass is 10.4. The summed E-state index contributed by atoms with van der Waals surface area (Å²) in [6.07, 6.45) is 1.01. The van der Waals surface area contributed by atoms with Crippen molar-refractivity contribution in [2.45, 2.75) is 37.8 Å². The Balaban J connectivity index is 3.56. The number of nitrogens with zero attached hydrogens (tertiary/aromatic N) is 2. The molecule has 0 heterocycles. The molecule has 0 N–H and O–H groups in total. The van der Waals surface area contributed by atoms with Crippen LogP contribution in [0.15, 0.2) is 0 Å². The Kier molecular flexibility index (Phi) is 6.08. The molecule has 0 saturated heterocycles. The predicted molar refractivity (Wildman–Crippen MR) is 47.3 cm³/mol. The number of halogens is 2. The Morgan fingerprint density at radius 3 is 1.62 bits per heavy atom. The molecular formula is C8H12F2N2Si. The minimum absolute atomic E-state index is 0.105. The quantitative estimate of drug-likeness (QED) is 0.377. The van der Waals surface area contributed by atoms with E-state index in [1.807, 2.05) is 12.1 Å². The fourth-order valence-electron chi connectivity index (χ4n) is 0.977. The van der Waals surface area contributed by atoms with Gasteiger partial charge in [-0.05, 0) is 24.9 Å². The van der Waals surface area contributed by atoms with E-state index in [0.717, 1.165) is 0 Å². The maximum absolute atomic E-state index is 13.0. The lowest BCUT2D eigenvalue weighted by Gasteiger charge is -2.09. The highest BCUT2D eigenvalue weighted by atomic mass is 28.4. The van der Waals surface area contributed by atoms with Gasteiger partial charge in [0.2, 0.25) is 0 Å². The van der Waals surface area contributed by atoms with Crippen LogP contribution in [0.3, 0.4) is 0 Å². The van der Waals surface area contributed by atoms with Crippen molar-refractivity contribution in [2.24, 2.45) is 0 Å². The smallest absolute Gasteiger partial charge is 0.270 e. The van der Waals surface area contributed by atoms with Gasteiger partial charge in [0.1, 0.15) is 0 Å². The van der Waals surface area contributed by atoms with Gasteiger partial charge in [-0.15, -0.1) is 0 Å². The molecule has 0 aliphatic carbocycles. The van der Waals surface area contributed by atoms with E-state index >= 15 is 0 Å². The summed E-state index contributed by atoms with van der Waals surface area (Å²) in [5.41, 5.74) is 0. The first-order valence-corrected chi connectivity index (χ1v) is 6.41. The highest BCUT2D eigenvalue weighted by Crippen LogP contribution is 2.23. The summed E-state index contributed by atoms with van der Waals surface area (Å²) in [5, 5.41) is 16.3. The van der Waals surface area contributed by atoms with Gasteiger partial charge in [-0.2, -0.15) is 10.5 Å². The summed E-state index contributed by atoms with van der Waals surface area (Å²) >= 11 is 0. The van der Waals surface area contributed by atoms with Crippen LogP contribution in [0.1, 0.15) is 25.7 Å². The minimum Gasteiger partial charge on any atom is -0.270 e. The van der Waals surface area contributed by atoms with Crippen molar-refractivity contribution < 1.29 is 8.22 Å². The summed E-state index contributed by atoms with van der Waals surface area (Å²) in [6.45, 7) is 0. The van der Waals surface area contributed by atoms with Gasteiger partial charge in [0, 0.05) is 12.8 Å². The lowest BCUT2D eigenvalue weighted by Crippen LogP contribution is -2.21. The van der Waals surface area contributed by atoms with E-state index in [4.69, 9.17) is 10.5 Å². The fraction of sp³-hybridized carbons (Fsp3) is 0.750. The zero-order valence-corrected chi connectivity index (χ0v) is 8.39. The monoisotopic (exact) mass is 202 g/mol. The van der Waals surface area contributed by atoms with Gasteiger partial charge < -0.3 is 0 Å². The number of hydrogen-bond donors (Lipinski definition) is 0. The molecule has 0 fully saturated rings. The second-order valence-electron chi connectivity index (χ2n) is 2.88. The molecule has 0 aliphatic heterocycles. The number of unbranched alkanes of at least 4 members (excludes halogenated alkanes) is 2. The van der Waals surface area contributed by atoms with Gasteiger partial charge in [-0.3, -0.25) is 8.22 Å². The molecule has 2 nitrogen and oxygen atoms in total. The van der Waals surface area contributed by atoms with E-state index in [1.54, 1.807) is 0 Å². The first kappa shape index (κ1) is 12.1. The van der Waals surface area contributed by atoms with Gasteiger partial charge in [0.15, 0.2) is 0 Å². The maximum atomic E-state index is 13.0. The average Bonchev–Trinajstić information content (AvgIpc) is 2.05. The molecule has 0 bridgehead atoms. The standard InChI is InChI=1S/C8H12F2N2Si/c9-13(10,7-3-1-5-11)8-4-2-6-12/h1-4,7-8H2. The zero-order chi connectivity index (χ0) is 10.2. The molecule has 0 aromatic heterocycles. The average molecular weight is 202 g/mol. The van der Waals surface area contributed by atoms with Gasteiger partial charge >= 0.3 is 8.74 Å². The molecule has 0 aromatic carbocycles. The van der Waals surface area contributed by atoms with Crippen molar-refractivity contribution in [3.8, 4) is 12.1 Å². The van der Waals surface area contributed by atoms with Crippen LogP contribution < -0.4 is 0 Å². The molecule has 5 heteroatoms. The normalized spacial score (nSPS) is 10.5. The molecule has 13 heavy (non-hydrogen) atoms. The van der Waals surface area contributed by atoms with E-state index in [0.29, 0.717) is 12.8 Å². The number of nitriles is 2. The fourth-order valence-corrected chi connectivity index (χ4v) is 2.62. The van der Waals surface area contributed by atoms with E-state index in [2.05, 4.69) is 0 Å². The second-order valence-corrected chi connectivity index (χ2v) is 5.59. The molecule has 0 spiro atoms. The largest absolute Gasteiger partial charge is 0.425 e. The van der Waals surface area contributed by atoms with Crippen LogP contribution in [-0.2, 0) is 0 Å². The number of rotatable bonds is 6. The SMILES string of the molecule is N#CCCC[Si](F)(F)CCCC#N. The Labute approximate surface area is 78.1 Å². The third-order valence-electron chi connectivity index (χ3n) is 1.66. The highest BCUT2D eigenvalue weighted by Gasteiger charge is 2.33. The molecule has 72 valence electrons. The van der Waals surface area contributed by atoms with Crippen LogP contribution >= 0.6 is 0 Å². The van der Waals surface area contributed by atoms with Crippen molar-refractivity contribution in [2.75, 3.05) is 0 Å². The van der Waals surface area contributed by atoms with Gasteiger partial charge in [-0.25, -0.2) is 0 Å². The first-order chi connectivity index (χ1) is 6.12. The van der Waals surface area contributed by atoms with Crippen LogP contribution in [-0.4, -0.2) is 8.74 Å². The molecule has 0 aromatic rings. The van der Waals surface area contributed by atoms with Crippen LogP contribution in [0.2, 0.25) is 12.1 Å². The van der Waals surface area contributed by atoms with Crippen LogP contribution in [0.25, 0.3) is 0 Å². The molecule has 0 rings (SSSR count). The predicted octanol–water partition coefficient (Wildman–Crippen LogP) is 2.98. The van der Waals surface area contributed by atoms with Crippen molar-refractivity contribution in [3.05, 3.63) is 0 Å². The molecule has 0 amide bonds. The molecule has 0 unspecified atom stereocenters. The molecule has 0 saturated carbocycles. The summed E-state index contributed by atoms with van der Waals surface area (Å²) in [4.78, 5) is 0. The molecular weight excluding hydrogens is 190 g/mol. The number of hydrogen-bond acceptors (Lipinski definition) is 2. The summed E-state index contributed by atoms with van der Waals surface area (Å²) in [7, 11) is -4.08. The van der Waals surface area contributed by atoms with E-state index in [-0.39, 0.29) is 24.9 Å². The van der Waals surface area contributed by atoms with Gasteiger partial charge in [0.25, 0.3) is 0 Å². The van der Waals surface area contributed by atoms with Crippen LogP contribution in [0, 0.1) is 22.7 Å². The topological polar surface area (TPSA) is 47.6 Å². The van der Waals surface area contributed by atoms with E-state index in [9.17, 15) is 8.22 Å². The van der Waals surface area contributed by atoms with Crippen LogP contribution in [0.5, 0.6) is 0 Å². The first-order valence-electron chi connectivity index (χ1n) is 4.24. The third-order valence-corrected chi connectivity index (χ3v) is 3.83. The van der Waals surface area contributed by atoms with Crippen LogP contribution in [0.4, 0.5) is 8.22 Å². The third kappa shape index (κ3) is 7.42. The second kappa shape index (κ2) is 6.56. The Morgan fingerprint density at radius 2 is 1.31 bits per heavy atom.